The molecular formula is C19H16ClN5O2S. The predicted molar refractivity (Wildman–Crippen MR) is 113 cm³/mol. The number of carbonyl (C=O) groups is 1. The van der Waals surface area contributed by atoms with Gasteiger partial charge in [-0.3, -0.25) is 5.43 Å². The van der Waals surface area contributed by atoms with E-state index in [1.807, 2.05) is 30.3 Å². The van der Waals surface area contributed by atoms with Crippen LogP contribution >= 0.6 is 23.8 Å². The van der Waals surface area contributed by atoms with Crippen molar-refractivity contribution in [3.8, 4) is 5.69 Å². The van der Waals surface area contributed by atoms with Gasteiger partial charge in [0.2, 0.25) is 0 Å². The molecule has 0 spiro atoms. The lowest BCUT2D eigenvalue weighted by Gasteiger charge is -2.08. The Balaban J connectivity index is 1.78. The lowest BCUT2D eigenvalue weighted by molar-refractivity contribution is 0.0600. The molecule has 142 valence electrons. The largest absolute Gasteiger partial charge is 0.465 e. The number of hydrogen-bond donors (Lipinski definition) is 2. The zero-order valence-corrected chi connectivity index (χ0v) is 16.4. The van der Waals surface area contributed by atoms with Crippen molar-refractivity contribution in [2.24, 2.45) is 5.10 Å². The maximum Gasteiger partial charge on any atom is 0.341 e. The van der Waals surface area contributed by atoms with E-state index >= 15 is 0 Å². The Morgan fingerprint density at radius 2 is 1.93 bits per heavy atom. The number of hydrazone groups is 1. The first-order valence-corrected chi connectivity index (χ1v) is 8.94. The molecule has 0 atom stereocenters. The van der Waals surface area contributed by atoms with E-state index in [1.165, 1.54) is 19.5 Å². The first-order chi connectivity index (χ1) is 13.6. The maximum absolute atomic E-state index is 12.0. The summed E-state index contributed by atoms with van der Waals surface area (Å²) in [6, 6.07) is 16.5. The number of thiocarbonyl (C=S) groups is 1. The van der Waals surface area contributed by atoms with Gasteiger partial charge in [-0.15, -0.1) is 0 Å². The minimum atomic E-state index is -0.509. The first-order valence-electron chi connectivity index (χ1n) is 8.16. The lowest BCUT2D eigenvalue weighted by Crippen LogP contribution is -2.24. The van der Waals surface area contributed by atoms with E-state index in [0.29, 0.717) is 10.7 Å². The van der Waals surface area contributed by atoms with Crippen molar-refractivity contribution in [3.63, 3.8) is 0 Å². The molecule has 2 N–H and O–H groups in total. The summed E-state index contributed by atoms with van der Waals surface area (Å²) >= 11 is 11.1. The minimum absolute atomic E-state index is 0.281. The number of nitrogens with one attached hydrogen (secondary N) is 2. The maximum atomic E-state index is 12.0. The van der Waals surface area contributed by atoms with E-state index < -0.39 is 5.97 Å². The van der Waals surface area contributed by atoms with Gasteiger partial charge in [-0.25, -0.2) is 9.48 Å². The molecule has 2 aromatic carbocycles. The molecule has 0 saturated heterocycles. The Labute approximate surface area is 172 Å². The number of para-hydroxylation sites is 1. The summed E-state index contributed by atoms with van der Waals surface area (Å²) in [5.41, 5.74) is 5.00. The standard InChI is InChI=1S/C19H16ClN5O2S/c1-27-18(26)16-11-22-25(15-5-3-2-4-6-15)17(16)12-21-24-19(28)23-14-9-7-13(20)8-10-14/h2-12H,1H3,(H2,23,24,28)/b21-12-. The Kier molecular flexibility index (Phi) is 6.36. The molecule has 9 heteroatoms. The van der Waals surface area contributed by atoms with Crippen molar-refractivity contribution in [1.29, 1.82) is 0 Å². The van der Waals surface area contributed by atoms with E-state index in [4.69, 9.17) is 28.6 Å². The molecule has 1 aromatic heterocycles. The van der Waals surface area contributed by atoms with Gasteiger partial charge < -0.3 is 10.1 Å². The average molecular weight is 414 g/mol. The van der Waals surface area contributed by atoms with Crippen LogP contribution in [-0.4, -0.2) is 34.2 Å². The van der Waals surface area contributed by atoms with Crippen LogP contribution in [0.5, 0.6) is 0 Å². The van der Waals surface area contributed by atoms with Gasteiger partial charge in [-0.05, 0) is 48.6 Å². The van der Waals surface area contributed by atoms with Crippen molar-refractivity contribution in [2.45, 2.75) is 0 Å². The second-order valence-electron chi connectivity index (χ2n) is 5.51. The third kappa shape index (κ3) is 4.73. The molecule has 1 heterocycles. The van der Waals surface area contributed by atoms with Gasteiger partial charge in [0.1, 0.15) is 11.3 Å². The fourth-order valence-electron chi connectivity index (χ4n) is 2.37. The van der Waals surface area contributed by atoms with E-state index in [1.54, 1.807) is 28.9 Å². The predicted octanol–water partition coefficient (Wildman–Crippen LogP) is 3.63. The lowest BCUT2D eigenvalue weighted by atomic mass is 10.2. The number of ether oxygens (including phenoxy) is 1. The normalized spacial score (nSPS) is 10.6. The number of methoxy groups -OCH3 is 1. The smallest absolute Gasteiger partial charge is 0.341 e. The fraction of sp³-hybridized carbons (Fsp3) is 0.0526. The highest BCUT2D eigenvalue weighted by Crippen LogP contribution is 2.15. The molecule has 3 aromatic rings. The zero-order chi connectivity index (χ0) is 19.9. The van der Waals surface area contributed by atoms with Crippen LogP contribution in [0.4, 0.5) is 5.69 Å². The first kappa shape index (κ1) is 19.5. The summed E-state index contributed by atoms with van der Waals surface area (Å²) in [6.45, 7) is 0. The third-order valence-corrected chi connectivity index (χ3v) is 4.11. The van der Waals surface area contributed by atoms with E-state index in [9.17, 15) is 4.79 Å². The van der Waals surface area contributed by atoms with Crippen LogP contribution in [0.2, 0.25) is 5.02 Å². The van der Waals surface area contributed by atoms with Crippen LogP contribution in [0.1, 0.15) is 16.1 Å². The molecule has 0 amide bonds. The number of carbonyl (C=O) groups excluding carboxylic acids is 1. The van der Waals surface area contributed by atoms with Gasteiger partial charge in [-0.1, -0.05) is 29.8 Å². The monoisotopic (exact) mass is 413 g/mol. The molecule has 0 aliphatic rings. The minimum Gasteiger partial charge on any atom is -0.465 e. The molecule has 0 saturated carbocycles. The van der Waals surface area contributed by atoms with Crippen LogP contribution in [0.3, 0.4) is 0 Å². The molecule has 28 heavy (non-hydrogen) atoms. The fourth-order valence-corrected chi connectivity index (χ4v) is 2.67. The summed E-state index contributed by atoms with van der Waals surface area (Å²) in [4.78, 5) is 12.0. The molecule has 0 radical (unpaired) electrons. The van der Waals surface area contributed by atoms with Crippen LogP contribution in [0.25, 0.3) is 5.69 Å². The molecule has 7 nitrogen and oxygen atoms in total. The van der Waals surface area contributed by atoms with Crippen LogP contribution < -0.4 is 10.7 Å². The van der Waals surface area contributed by atoms with Gasteiger partial charge in [0, 0.05) is 10.7 Å². The number of aromatic nitrogens is 2. The summed E-state index contributed by atoms with van der Waals surface area (Å²) in [7, 11) is 1.31. The van der Waals surface area contributed by atoms with Gasteiger partial charge >= 0.3 is 5.97 Å². The van der Waals surface area contributed by atoms with Gasteiger partial charge in [0.15, 0.2) is 5.11 Å². The summed E-state index contributed by atoms with van der Waals surface area (Å²) < 4.78 is 6.41. The van der Waals surface area contributed by atoms with Crippen molar-refractivity contribution in [1.82, 2.24) is 15.2 Å². The van der Waals surface area contributed by atoms with Crippen LogP contribution in [0.15, 0.2) is 65.9 Å². The van der Waals surface area contributed by atoms with Crippen LogP contribution in [0, 0.1) is 0 Å². The number of nitrogens with zero attached hydrogens (tertiary/aromatic N) is 3. The average Bonchev–Trinajstić information content (AvgIpc) is 3.13. The topological polar surface area (TPSA) is 80.5 Å². The van der Waals surface area contributed by atoms with Gasteiger partial charge in [0.25, 0.3) is 0 Å². The highest BCUT2D eigenvalue weighted by Gasteiger charge is 2.17. The Bertz CT molecular complexity index is 1000. The highest BCUT2D eigenvalue weighted by molar-refractivity contribution is 7.80. The molecule has 0 aliphatic heterocycles. The number of hydrogen-bond acceptors (Lipinski definition) is 5. The SMILES string of the molecule is COC(=O)c1cnn(-c2ccccc2)c1/C=N\NC(=S)Nc1ccc(Cl)cc1. The summed E-state index contributed by atoms with van der Waals surface area (Å²) in [6.07, 6.45) is 2.90. The second kappa shape index (κ2) is 9.12. The van der Waals surface area contributed by atoms with Gasteiger partial charge in [-0.2, -0.15) is 10.2 Å². The van der Waals surface area contributed by atoms with Crippen molar-refractivity contribution >= 4 is 46.8 Å². The number of benzene rings is 2. The van der Waals surface area contributed by atoms with E-state index in [0.717, 1.165) is 11.4 Å². The summed E-state index contributed by atoms with van der Waals surface area (Å²) in [5, 5.41) is 12.3. The van der Waals surface area contributed by atoms with E-state index in [-0.39, 0.29) is 10.7 Å². The van der Waals surface area contributed by atoms with Crippen LogP contribution in [-0.2, 0) is 4.74 Å². The Morgan fingerprint density at radius 1 is 1.21 bits per heavy atom. The second-order valence-corrected chi connectivity index (χ2v) is 6.36. The molecular weight excluding hydrogens is 398 g/mol. The highest BCUT2D eigenvalue weighted by atomic mass is 35.5. The molecule has 3 rings (SSSR count). The summed E-state index contributed by atoms with van der Waals surface area (Å²) in [5.74, 6) is -0.509. The third-order valence-electron chi connectivity index (χ3n) is 3.67. The van der Waals surface area contributed by atoms with Crippen molar-refractivity contribution in [3.05, 3.63) is 77.1 Å². The Hall–Kier alpha value is -3.23. The Morgan fingerprint density at radius 3 is 2.61 bits per heavy atom. The number of anilines is 1. The van der Waals surface area contributed by atoms with Crippen molar-refractivity contribution < 1.29 is 9.53 Å². The van der Waals surface area contributed by atoms with Gasteiger partial charge in [0.05, 0.1) is 25.2 Å². The molecule has 0 bridgehead atoms. The molecule has 0 aliphatic carbocycles. The number of rotatable bonds is 5. The zero-order valence-electron chi connectivity index (χ0n) is 14.8. The molecule has 0 fully saturated rings. The quantitative estimate of drug-likeness (QED) is 0.288. The number of esters is 1. The van der Waals surface area contributed by atoms with E-state index in [2.05, 4.69) is 20.9 Å². The molecule has 0 unspecified atom stereocenters. The van der Waals surface area contributed by atoms with Crippen molar-refractivity contribution in [2.75, 3.05) is 12.4 Å². The number of halogens is 1.